The van der Waals surface area contributed by atoms with Crippen molar-refractivity contribution in [3.8, 4) is 0 Å². The SMILES string of the molecule is CC(CCC1OC1(C)C)C1CCC2C3CC(O)C4=CC(O)CCC4(C)C3CCC12C. The molecule has 3 saturated carbocycles. The van der Waals surface area contributed by atoms with E-state index < -0.39 is 0 Å². The first kappa shape index (κ1) is 21.5. The lowest BCUT2D eigenvalue weighted by Gasteiger charge is -2.60. The monoisotopic (exact) mass is 416 g/mol. The second-order valence-electron chi connectivity index (χ2n) is 12.8. The van der Waals surface area contributed by atoms with Gasteiger partial charge in [0.1, 0.15) is 0 Å². The average molecular weight is 417 g/mol. The highest BCUT2D eigenvalue weighted by atomic mass is 16.6. The molecule has 3 nitrogen and oxygen atoms in total. The summed E-state index contributed by atoms with van der Waals surface area (Å²) in [6.07, 6.45) is 12.5. The van der Waals surface area contributed by atoms with Gasteiger partial charge in [0, 0.05) is 0 Å². The molecular formula is C27H44O3. The Hall–Kier alpha value is -0.380. The van der Waals surface area contributed by atoms with Gasteiger partial charge in [0.2, 0.25) is 0 Å². The molecule has 10 unspecified atom stereocenters. The van der Waals surface area contributed by atoms with E-state index in [1.54, 1.807) is 0 Å². The third-order valence-electron chi connectivity index (χ3n) is 10.9. The zero-order chi connectivity index (χ0) is 21.5. The van der Waals surface area contributed by atoms with E-state index in [2.05, 4.69) is 34.6 Å². The van der Waals surface area contributed by atoms with Gasteiger partial charge in [-0.2, -0.15) is 0 Å². The number of aliphatic hydroxyl groups excluding tert-OH is 2. The molecule has 5 aliphatic rings. The van der Waals surface area contributed by atoms with Crippen LogP contribution in [-0.2, 0) is 4.74 Å². The minimum Gasteiger partial charge on any atom is -0.389 e. The summed E-state index contributed by atoms with van der Waals surface area (Å²) < 4.78 is 5.85. The van der Waals surface area contributed by atoms with Gasteiger partial charge in [-0.15, -0.1) is 0 Å². The van der Waals surface area contributed by atoms with E-state index >= 15 is 0 Å². The van der Waals surface area contributed by atoms with E-state index in [1.165, 1.54) is 44.1 Å². The molecule has 5 rings (SSSR count). The van der Waals surface area contributed by atoms with Gasteiger partial charge < -0.3 is 14.9 Å². The lowest BCUT2D eigenvalue weighted by atomic mass is 9.46. The van der Waals surface area contributed by atoms with Crippen LogP contribution >= 0.6 is 0 Å². The molecule has 0 amide bonds. The average Bonchev–Trinajstić information content (AvgIpc) is 3.12. The van der Waals surface area contributed by atoms with Crippen molar-refractivity contribution >= 4 is 0 Å². The summed E-state index contributed by atoms with van der Waals surface area (Å²) >= 11 is 0. The van der Waals surface area contributed by atoms with Crippen LogP contribution < -0.4 is 0 Å². The quantitative estimate of drug-likeness (QED) is 0.470. The van der Waals surface area contributed by atoms with Crippen LogP contribution in [0.5, 0.6) is 0 Å². The first-order valence-electron chi connectivity index (χ1n) is 12.8. The summed E-state index contributed by atoms with van der Waals surface area (Å²) in [6.45, 7) is 11.9. The molecule has 0 bridgehead atoms. The molecule has 0 radical (unpaired) electrons. The van der Waals surface area contributed by atoms with Crippen LogP contribution in [0.1, 0.15) is 92.4 Å². The van der Waals surface area contributed by atoms with Crippen LogP contribution in [0.25, 0.3) is 0 Å². The summed E-state index contributed by atoms with van der Waals surface area (Å²) in [5.41, 5.74) is 1.82. The highest BCUT2D eigenvalue weighted by molar-refractivity contribution is 5.29. The minimum absolute atomic E-state index is 0.0987. The Bertz CT molecular complexity index is 713. The standard InChI is InChI=1S/C27H44O3/c1-16(6-9-24-25(2,3)30-24)19-7-8-20-18-15-23(29)22-14-17(28)10-12-27(22,5)21(18)11-13-26(19,20)4/h14,16-21,23-24,28-29H,6-13,15H2,1-5H3. The minimum atomic E-state index is -0.356. The van der Waals surface area contributed by atoms with Crippen molar-refractivity contribution in [1.29, 1.82) is 0 Å². The molecule has 3 heteroatoms. The van der Waals surface area contributed by atoms with E-state index in [4.69, 9.17) is 4.74 Å². The van der Waals surface area contributed by atoms with Gasteiger partial charge in [0.05, 0.1) is 23.9 Å². The van der Waals surface area contributed by atoms with Crippen molar-refractivity contribution in [3.63, 3.8) is 0 Å². The van der Waals surface area contributed by atoms with Crippen molar-refractivity contribution in [2.75, 3.05) is 0 Å². The van der Waals surface area contributed by atoms with Crippen LogP contribution in [0.15, 0.2) is 11.6 Å². The maximum atomic E-state index is 11.1. The Morgan fingerprint density at radius 3 is 2.47 bits per heavy atom. The fourth-order valence-corrected chi connectivity index (χ4v) is 9.09. The Morgan fingerprint density at radius 2 is 1.77 bits per heavy atom. The zero-order valence-electron chi connectivity index (χ0n) is 19.9. The van der Waals surface area contributed by atoms with Crippen LogP contribution in [0.4, 0.5) is 0 Å². The Balaban J connectivity index is 1.33. The van der Waals surface area contributed by atoms with Crippen LogP contribution in [0.3, 0.4) is 0 Å². The van der Waals surface area contributed by atoms with E-state index in [1.807, 2.05) is 6.08 Å². The molecule has 4 fully saturated rings. The van der Waals surface area contributed by atoms with Crippen molar-refractivity contribution < 1.29 is 14.9 Å². The van der Waals surface area contributed by atoms with Crippen LogP contribution in [0.2, 0.25) is 0 Å². The highest BCUT2D eigenvalue weighted by Gasteiger charge is 2.61. The Labute approximate surface area is 183 Å². The molecule has 0 spiro atoms. The Morgan fingerprint density at radius 1 is 1.03 bits per heavy atom. The van der Waals surface area contributed by atoms with Crippen molar-refractivity contribution in [1.82, 2.24) is 0 Å². The van der Waals surface area contributed by atoms with Gasteiger partial charge in [-0.05, 0) is 118 Å². The van der Waals surface area contributed by atoms with E-state index in [0.29, 0.717) is 23.4 Å². The van der Waals surface area contributed by atoms with Gasteiger partial charge in [0.15, 0.2) is 0 Å². The van der Waals surface area contributed by atoms with Crippen LogP contribution in [0, 0.1) is 40.4 Å². The Kier molecular flexibility index (Phi) is 5.05. The smallest absolute Gasteiger partial charge is 0.0892 e. The number of fused-ring (bicyclic) bond motifs is 5. The molecule has 0 aromatic rings. The number of hydrogen-bond acceptors (Lipinski definition) is 3. The molecule has 0 aromatic carbocycles. The van der Waals surface area contributed by atoms with Crippen molar-refractivity contribution in [2.45, 2.75) is 116 Å². The number of epoxide rings is 1. The normalized spacial score (nSPS) is 52.6. The fraction of sp³-hybridized carbons (Fsp3) is 0.926. The van der Waals surface area contributed by atoms with Gasteiger partial charge in [-0.1, -0.05) is 26.8 Å². The molecule has 10 atom stereocenters. The third-order valence-corrected chi connectivity index (χ3v) is 10.9. The van der Waals surface area contributed by atoms with E-state index in [0.717, 1.165) is 37.0 Å². The maximum Gasteiger partial charge on any atom is 0.0892 e. The zero-order valence-corrected chi connectivity index (χ0v) is 19.9. The second kappa shape index (κ2) is 7.06. The highest BCUT2D eigenvalue weighted by Crippen LogP contribution is 2.67. The molecule has 1 heterocycles. The number of rotatable bonds is 4. The predicted molar refractivity (Wildman–Crippen MR) is 120 cm³/mol. The summed E-state index contributed by atoms with van der Waals surface area (Å²) in [6, 6.07) is 0. The van der Waals surface area contributed by atoms with E-state index in [9.17, 15) is 10.2 Å². The largest absolute Gasteiger partial charge is 0.389 e. The molecule has 1 aliphatic heterocycles. The summed E-state index contributed by atoms with van der Waals surface area (Å²) in [5, 5.41) is 21.3. The molecule has 4 aliphatic carbocycles. The molecule has 170 valence electrons. The number of aliphatic hydroxyl groups is 2. The topological polar surface area (TPSA) is 53.0 Å². The van der Waals surface area contributed by atoms with Crippen molar-refractivity contribution in [3.05, 3.63) is 11.6 Å². The molecular weight excluding hydrogens is 372 g/mol. The third kappa shape index (κ3) is 3.17. The maximum absolute atomic E-state index is 11.1. The summed E-state index contributed by atoms with van der Waals surface area (Å²) in [7, 11) is 0. The summed E-state index contributed by atoms with van der Waals surface area (Å²) in [5.74, 6) is 3.69. The second-order valence-corrected chi connectivity index (χ2v) is 12.8. The lowest BCUT2D eigenvalue weighted by Crippen LogP contribution is -2.54. The lowest BCUT2D eigenvalue weighted by molar-refractivity contribution is -0.0874. The summed E-state index contributed by atoms with van der Waals surface area (Å²) in [4.78, 5) is 0. The first-order valence-corrected chi connectivity index (χ1v) is 12.8. The predicted octanol–water partition coefficient (Wildman–Crippen LogP) is 5.49. The van der Waals surface area contributed by atoms with E-state index in [-0.39, 0.29) is 23.2 Å². The molecule has 2 N–H and O–H groups in total. The molecule has 0 aromatic heterocycles. The van der Waals surface area contributed by atoms with Gasteiger partial charge in [0.25, 0.3) is 0 Å². The molecule has 1 saturated heterocycles. The van der Waals surface area contributed by atoms with Crippen LogP contribution in [-0.4, -0.2) is 34.1 Å². The molecule has 30 heavy (non-hydrogen) atoms. The number of ether oxygens (including phenoxy) is 1. The first-order chi connectivity index (χ1) is 14.1. The fourth-order valence-electron chi connectivity index (χ4n) is 9.09. The van der Waals surface area contributed by atoms with Gasteiger partial charge >= 0.3 is 0 Å². The van der Waals surface area contributed by atoms with Gasteiger partial charge in [-0.3, -0.25) is 0 Å². The van der Waals surface area contributed by atoms with Crippen molar-refractivity contribution in [2.24, 2.45) is 40.4 Å². The number of hydrogen-bond donors (Lipinski definition) is 2. The van der Waals surface area contributed by atoms with Gasteiger partial charge in [-0.25, -0.2) is 0 Å².